The number of hydrogen-bond acceptors (Lipinski definition) is 2. The predicted molar refractivity (Wildman–Crippen MR) is 74.0 cm³/mol. The molecule has 1 N–H and O–H groups in total. The zero-order valence-corrected chi connectivity index (χ0v) is 12.5. The maximum absolute atomic E-state index is 11.8. The lowest BCUT2D eigenvalue weighted by Gasteiger charge is -2.11. The number of rotatable bonds is 4. The van der Waals surface area contributed by atoms with Gasteiger partial charge in [0, 0.05) is 9.50 Å². The van der Waals surface area contributed by atoms with Gasteiger partial charge in [-0.05, 0) is 59.3 Å². The van der Waals surface area contributed by atoms with Crippen molar-refractivity contribution in [2.24, 2.45) is 5.92 Å². The molecule has 3 nitrogen and oxygen atoms in total. The molecule has 0 saturated heterocycles. The molecule has 0 spiro atoms. The van der Waals surface area contributed by atoms with E-state index in [9.17, 15) is 8.42 Å². The third-order valence-corrected chi connectivity index (χ3v) is 5.17. The van der Waals surface area contributed by atoms with Crippen molar-refractivity contribution in [3.05, 3.63) is 27.2 Å². The molecule has 2 rings (SSSR count). The molecule has 0 bridgehead atoms. The third kappa shape index (κ3) is 3.60. The van der Waals surface area contributed by atoms with Crippen LogP contribution in [0.25, 0.3) is 0 Å². The molecule has 94 valence electrons. The Kier molecular flexibility index (Phi) is 3.71. The third-order valence-electron chi connectivity index (χ3n) is 2.67. The van der Waals surface area contributed by atoms with Gasteiger partial charge in [-0.1, -0.05) is 11.6 Å². The highest BCUT2D eigenvalue weighted by Gasteiger charge is 2.28. The summed E-state index contributed by atoms with van der Waals surface area (Å²) in [5, 5.41) is 0.553. The van der Waals surface area contributed by atoms with E-state index in [1.165, 1.54) is 0 Å². The van der Waals surface area contributed by atoms with Crippen molar-refractivity contribution < 1.29 is 8.42 Å². The minimum absolute atomic E-state index is 0.199. The van der Waals surface area contributed by atoms with Gasteiger partial charge in [-0.25, -0.2) is 8.42 Å². The summed E-state index contributed by atoms with van der Waals surface area (Å²) in [6.45, 7) is 1.87. The Bertz CT molecular complexity index is 541. The predicted octanol–water partition coefficient (Wildman–Crippen LogP) is 3.56. The fourth-order valence-electron chi connectivity index (χ4n) is 1.53. The highest BCUT2D eigenvalue weighted by molar-refractivity contribution is 9.10. The number of sulfonamides is 1. The molecular formula is C11H13BrClNO2S. The van der Waals surface area contributed by atoms with E-state index in [0.717, 1.165) is 18.4 Å². The first-order valence-corrected chi connectivity index (χ1v) is 8.16. The van der Waals surface area contributed by atoms with Crippen LogP contribution in [0.2, 0.25) is 5.02 Å². The minimum Gasteiger partial charge on any atom is -0.282 e. The first-order chi connectivity index (χ1) is 7.87. The maximum Gasteiger partial charge on any atom is 0.233 e. The zero-order chi connectivity index (χ0) is 12.6. The Morgan fingerprint density at radius 1 is 1.47 bits per heavy atom. The number of halogens is 2. The van der Waals surface area contributed by atoms with Crippen molar-refractivity contribution >= 4 is 43.2 Å². The quantitative estimate of drug-likeness (QED) is 0.912. The monoisotopic (exact) mass is 337 g/mol. The second kappa shape index (κ2) is 4.78. The number of benzene rings is 1. The average Bonchev–Trinajstić information content (AvgIpc) is 2.96. The van der Waals surface area contributed by atoms with Gasteiger partial charge < -0.3 is 0 Å². The summed E-state index contributed by atoms with van der Waals surface area (Å²) in [6, 6.07) is 3.43. The van der Waals surface area contributed by atoms with Crippen LogP contribution in [0.5, 0.6) is 0 Å². The first kappa shape index (κ1) is 13.2. The molecule has 6 heteroatoms. The Morgan fingerprint density at radius 3 is 2.71 bits per heavy atom. The summed E-state index contributed by atoms with van der Waals surface area (Å²) in [6.07, 6.45) is 2.02. The number of nitrogens with one attached hydrogen (secondary N) is 1. The lowest BCUT2D eigenvalue weighted by Crippen LogP contribution is -2.18. The second-order valence-corrected chi connectivity index (χ2v) is 7.44. The summed E-state index contributed by atoms with van der Waals surface area (Å²) >= 11 is 9.31. The van der Waals surface area contributed by atoms with Crippen LogP contribution in [0.4, 0.5) is 5.69 Å². The molecule has 1 aliphatic rings. The molecule has 1 fully saturated rings. The van der Waals surface area contributed by atoms with E-state index in [2.05, 4.69) is 20.7 Å². The van der Waals surface area contributed by atoms with E-state index >= 15 is 0 Å². The fraction of sp³-hybridized carbons (Fsp3) is 0.455. The van der Waals surface area contributed by atoms with Crippen molar-refractivity contribution in [2.75, 3.05) is 10.5 Å². The number of anilines is 1. The largest absolute Gasteiger partial charge is 0.282 e. The topological polar surface area (TPSA) is 46.2 Å². The van der Waals surface area contributed by atoms with Gasteiger partial charge >= 0.3 is 0 Å². The van der Waals surface area contributed by atoms with E-state index in [4.69, 9.17) is 11.6 Å². The standard InChI is InChI=1S/C11H13BrClNO2S/c1-7-4-9(12)11(5-10(7)13)14-17(15,16)6-8-2-3-8/h4-5,8,14H,2-3,6H2,1H3. The van der Waals surface area contributed by atoms with Crippen LogP contribution < -0.4 is 4.72 Å². The van der Waals surface area contributed by atoms with Crippen LogP contribution in [-0.2, 0) is 10.0 Å². The molecule has 0 aromatic heterocycles. The molecule has 0 heterocycles. The highest BCUT2D eigenvalue weighted by Crippen LogP contribution is 2.33. The highest BCUT2D eigenvalue weighted by atomic mass is 79.9. The Balaban J connectivity index is 2.20. The van der Waals surface area contributed by atoms with Gasteiger partial charge in [-0.2, -0.15) is 0 Å². The van der Waals surface area contributed by atoms with Crippen molar-refractivity contribution in [1.29, 1.82) is 0 Å². The molecule has 0 radical (unpaired) electrons. The summed E-state index contributed by atoms with van der Waals surface area (Å²) in [5.74, 6) is 0.525. The Labute approximate surface area is 115 Å². The molecule has 0 unspecified atom stereocenters. The average molecular weight is 339 g/mol. The van der Waals surface area contributed by atoms with Gasteiger partial charge in [-0.15, -0.1) is 0 Å². The van der Waals surface area contributed by atoms with Gasteiger partial charge in [0.25, 0.3) is 0 Å². The van der Waals surface area contributed by atoms with Gasteiger partial charge in [0.1, 0.15) is 0 Å². The van der Waals surface area contributed by atoms with Crippen LogP contribution in [0, 0.1) is 12.8 Å². The summed E-state index contributed by atoms with van der Waals surface area (Å²) in [4.78, 5) is 0. The van der Waals surface area contributed by atoms with E-state index in [1.807, 2.05) is 6.92 Å². The molecule has 17 heavy (non-hydrogen) atoms. The van der Waals surface area contributed by atoms with Crippen molar-refractivity contribution in [3.8, 4) is 0 Å². The molecule has 1 aromatic carbocycles. The summed E-state index contributed by atoms with van der Waals surface area (Å²) in [7, 11) is -3.26. The van der Waals surface area contributed by atoms with Crippen LogP contribution in [-0.4, -0.2) is 14.2 Å². The molecule has 0 aliphatic heterocycles. The minimum atomic E-state index is -3.26. The number of aryl methyl sites for hydroxylation is 1. The van der Waals surface area contributed by atoms with E-state index < -0.39 is 10.0 Å². The van der Waals surface area contributed by atoms with Gasteiger partial charge in [-0.3, -0.25) is 4.72 Å². The lowest BCUT2D eigenvalue weighted by molar-refractivity contribution is 0.597. The molecule has 0 amide bonds. The van der Waals surface area contributed by atoms with E-state index in [0.29, 0.717) is 21.1 Å². The Hall–Kier alpha value is -0.260. The van der Waals surface area contributed by atoms with Crippen LogP contribution in [0.3, 0.4) is 0 Å². The smallest absolute Gasteiger partial charge is 0.233 e. The molecule has 1 aliphatic carbocycles. The fourth-order valence-corrected chi connectivity index (χ4v) is 3.92. The van der Waals surface area contributed by atoms with Crippen molar-refractivity contribution in [2.45, 2.75) is 19.8 Å². The SMILES string of the molecule is Cc1cc(Br)c(NS(=O)(=O)CC2CC2)cc1Cl. The van der Waals surface area contributed by atoms with Gasteiger partial charge in [0.05, 0.1) is 11.4 Å². The number of hydrogen-bond donors (Lipinski definition) is 1. The Morgan fingerprint density at radius 2 is 2.12 bits per heavy atom. The van der Waals surface area contributed by atoms with Gasteiger partial charge in [0.15, 0.2) is 0 Å². The molecule has 1 saturated carbocycles. The molecule has 1 aromatic rings. The van der Waals surface area contributed by atoms with Crippen molar-refractivity contribution in [1.82, 2.24) is 0 Å². The first-order valence-electron chi connectivity index (χ1n) is 5.33. The lowest BCUT2D eigenvalue weighted by atomic mass is 10.2. The maximum atomic E-state index is 11.8. The zero-order valence-electron chi connectivity index (χ0n) is 9.33. The van der Waals surface area contributed by atoms with Crippen LogP contribution in [0.1, 0.15) is 18.4 Å². The summed E-state index contributed by atoms with van der Waals surface area (Å²) < 4.78 is 26.9. The van der Waals surface area contributed by atoms with Crippen LogP contribution >= 0.6 is 27.5 Å². The normalized spacial score (nSPS) is 15.9. The molecular weight excluding hydrogens is 326 g/mol. The summed E-state index contributed by atoms with van der Waals surface area (Å²) in [5.41, 5.74) is 1.41. The van der Waals surface area contributed by atoms with E-state index in [1.54, 1.807) is 12.1 Å². The second-order valence-electron chi connectivity index (χ2n) is 4.41. The van der Waals surface area contributed by atoms with Crippen molar-refractivity contribution in [3.63, 3.8) is 0 Å². The van der Waals surface area contributed by atoms with Crippen LogP contribution in [0.15, 0.2) is 16.6 Å². The van der Waals surface area contributed by atoms with E-state index in [-0.39, 0.29) is 5.75 Å². The van der Waals surface area contributed by atoms with Gasteiger partial charge in [0.2, 0.25) is 10.0 Å². The molecule has 0 atom stereocenters.